The summed E-state index contributed by atoms with van der Waals surface area (Å²) in [6.45, 7) is -0.350. The number of methoxy groups -OCH3 is 1. The van der Waals surface area contributed by atoms with Gasteiger partial charge in [0.05, 0.1) is 13.5 Å². The fraction of sp³-hybridized carbons (Fsp3) is 0.174. The molecule has 3 rings (SSSR count). The van der Waals surface area contributed by atoms with Crippen molar-refractivity contribution in [1.82, 2.24) is 0 Å². The van der Waals surface area contributed by atoms with Crippen molar-refractivity contribution in [3.63, 3.8) is 0 Å². The number of carbonyl (C=O) groups excluding carboxylic acids is 3. The molecule has 1 N–H and O–H groups in total. The monoisotopic (exact) mass is 391 g/mol. The van der Waals surface area contributed by atoms with Crippen LogP contribution in [0, 0.1) is 0 Å². The number of hydrogen-bond donors (Lipinski definition) is 1. The van der Waals surface area contributed by atoms with E-state index in [-0.39, 0.29) is 31.1 Å². The molecule has 0 bridgehead atoms. The minimum atomic E-state index is -0.593. The lowest BCUT2D eigenvalue weighted by Gasteiger charge is -2.07. The van der Waals surface area contributed by atoms with Crippen LogP contribution in [0.2, 0.25) is 0 Å². The van der Waals surface area contributed by atoms with Crippen LogP contribution in [0.25, 0.3) is 10.8 Å². The molecule has 3 aromatic rings. The Hall–Kier alpha value is -3.67. The third kappa shape index (κ3) is 5.65. The third-order valence-corrected chi connectivity index (χ3v) is 4.37. The maximum absolute atomic E-state index is 12.3. The van der Waals surface area contributed by atoms with E-state index in [1.165, 1.54) is 0 Å². The average molecular weight is 391 g/mol. The molecule has 29 heavy (non-hydrogen) atoms. The number of ketones is 1. The molecular weight excluding hydrogens is 370 g/mol. The zero-order valence-electron chi connectivity index (χ0n) is 16.0. The highest BCUT2D eigenvalue weighted by Crippen LogP contribution is 2.17. The van der Waals surface area contributed by atoms with Crippen LogP contribution in [0.4, 0.5) is 5.69 Å². The summed E-state index contributed by atoms with van der Waals surface area (Å²) in [4.78, 5) is 36.1. The standard InChI is InChI=1S/C23H21NO5/c1-28-20-10-8-19(9-11-20)24-22(26)12-13-23(27)29-15-21(25)18-7-6-16-4-2-3-5-17(16)14-18/h2-11,14H,12-13,15H2,1H3,(H,24,26). The van der Waals surface area contributed by atoms with E-state index in [0.29, 0.717) is 17.0 Å². The minimum Gasteiger partial charge on any atom is -0.497 e. The maximum atomic E-state index is 12.3. The Balaban J connectivity index is 1.43. The summed E-state index contributed by atoms with van der Waals surface area (Å²) in [6, 6.07) is 19.9. The summed E-state index contributed by atoms with van der Waals surface area (Å²) in [6.07, 6.45) is -0.137. The summed E-state index contributed by atoms with van der Waals surface area (Å²) in [7, 11) is 1.56. The second-order valence-corrected chi connectivity index (χ2v) is 6.42. The number of benzene rings is 3. The molecule has 0 saturated heterocycles. The molecule has 0 aliphatic rings. The summed E-state index contributed by atoms with van der Waals surface area (Å²) in [5, 5.41) is 4.66. The molecule has 3 aromatic carbocycles. The van der Waals surface area contributed by atoms with Gasteiger partial charge in [-0.3, -0.25) is 14.4 Å². The van der Waals surface area contributed by atoms with Crippen LogP contribution in [0.15, 0.2) is 66.7 Å². The van der Waals surface area contributed by atoms with E-state index in [1.807, 2.05) is 30.3 Å². The highest BCUT2D eigenvalue weighted by atomic mass is 16.5. The smallest absolute Gasteiger partial charge is 0.306 e. The number of esters is 1. The Morgan fingerprint density at radius 2 is 1.59 bits per heavy atom. The van der Waals surface area contributed by atoms with Gasteiger partial charge >= 0.3 is 5.97 Å². The summed E-state index contributed by atoms with van der Waals surface area (Å²) in [5.41, 5.74) is 1.09. The molecule has 1 amide bonds. The molecule has 0 aliphatic heterocycles. The molecule has 0 radical (unpaired) electrons. The van der Waals surface area contributed by atoms with E-state index in [9.17, 15) is 14.4 Å². The zero-order valence-corrected chi connectivity index (χ0v) is 16.0. The van der Waals surface area contributed by atoms with Gasteiger partial charge in [-0.05, 0) is 41.1 Å². The zero-order chi connectivity index (χ0) is 20.6. The Kier molecular flexibility index (Phi) is 6.58. The molecule has 148 valence electrons. The first kappa shape index (κ1) is 20.1. The number of carbonyl (C=O) groups is 3. The lowest BCUT2D eigenvalue weighted by atomic mass is 10.0. The largest absolute Gasteiger partial charge is 0.497 e. The fourth-order valence-corrected chi connectivity index (χ4v) is 2.78. The first-order valence-corrected chi connectivity index (χ1v) is 9.16. The highest BCUT2D eigenvalue weighted by molar-refractivity contribution is 6.01. The number of anilines is 1. The normalized spacial score (nSPS) is 10.4. The third-order valence-electron chi connectivity index (χ3n) is 4.37. The van der Waals surface area contributed by atoms with Crippen LogP contribution in [-0.2, 0) is 14.3 Å². The topological polar surface area (TPSA) is 81.7 Å². The molecule has 0 heterocycles. The fourth-order valence-electron chi connectivity index (χ4n) is 2.78. The van der Waals surface area contributed by atoms with Crippen molar-refractivity contribution < 1.29 is 23.9 Å². The van der Waals surface area contributed by atoms with Gasteiger partial charge < -0.3 is 14.8 Å². The van der Waals surface area contributed by atoms with Crippen LogP contribution in [0.5, 0.6) is 5.75 Å². The molecule has 0 unspecified atom stereocenters. The molecule has 6 nitrogen and oxygen atoms in total. The second kappa shape index (κ2) is 9.50. The van der Waals surface area contributed by atoms with Crippen molar-refractivity contribution in [1.29, 1.82) is 0 Å². The van der Waals surface area contributed by atoms with Gasteiger partial charge in [0.25, 0.3) is 0 Å². The first-order valence-electron chi connectivity index (χ1n) is 9.16. The van der Waals surface area contributed by atoms with Crippen molar-refractivity contribution in [2.45, 2.75) is 12.8 Å². The minimum absolute atomic E-state index is 0.0327. The van der Waals surface area contributed by atoms with Gasteiger partial charge in [0.1, 0.15) is 5.75 Å². The Labute approximate surface area is 168 Å². The summed E-state index contributed by atoms with van der Waals surface area (Å²) in [5.74, 6) is -0.508. The maximum Gasteiger partial charge on any atom is 0.306 e. The number of nitrogens with one attached hydrogen (secondary N) is 1. The number of hydrogen-bond acceptors (Lipinski definition) is 5. The predicted molar refractivity (Wildman–Crippen MR) is 110 cm³/mol. The predicted octanol–water partition coefficient (Wildman–Crippen LogP) is 3.99. The van der Waals surface area contributed by atoms with Crippen LogP contribution >= 0.6 is 0 Å². The van der Waals surface area contributed by atoms with E-state index in [4.69, 9.17) is 9.47 Å². The second-order valence-electron chi connectivity index (χ2n) is 6.42. The van der Waals surface area contributed by atoms with Gasteiger partial charge in [0, 0.05) is 17.7 Å². The molecule has 0 aromatic heterocycles. The van der Waals surface area contributed by atoms with Gasteiger partial charge in [0.15, 0.2) is 12.4 Å². The van der Waals surface area contributed by atoms with Crippen molar-refractivity contribution >= 4 is 34.1 Å². The van der Waals surface area contributed by atoms with Crippen LogP contribution in [-0.4, -0.2) is 31.4 Å². The average Bonchev–Trinajstić information content (AvgIpc) is 2.76. The summed E-state index contributed by atoms with van der Waals surface area (Å²) < 4.78 is 10.1. The quantitative estimate of drug-likeness (QED) is 0.464. The van der Waals surface area contributed by atoms with E-state index in [2.05, 4.69) is 5.32 Å². The lowest BCUT2D eigenvalue weighted by Crippen LogP contribution is -2.17. The van der Waals surface area contributed by atoms with Crippen molar-refractivity contribution in [2.75, 3.05) is 19.0 Å². The lowest BCUT2D eigenvalue weighted by molar-refractivity contribution is -0.143. The van der Waals surface area contributed by atoms with Crippen LogP contribution in [0.1, 0.15) is 23.2 Å². The highest BCUT2D eigenvalue weighted by Gasteiger charge is 2.12. The van der Waals surface area contributed by atoms with Gasteiger partial charge in [-0.15, -0.1) is 0 Å². The number of ether oxygens (including phenoxy) is 2. The van der Waals surface area contributed by atoms with E-state index >= 15 is 0 Å². The molecule has 0 atom stereocenters. The number of fused-ring (bicyclic) bond motifs is 1. The molecule has 0 aliphatic carbocycles. The van der Waals surface area contributed by atoms with Crippen LogP contribution in [0.3, 0.4) is 0 Å². The molecule has 0 fully saturated rings. The van der Waals surface area contributed by atoms with E-state index in [1.54, 1.807) is 43.5 Å². The first-order chi connectivity index (χ1) is 14.0. The Bertz CT molecular complexity index is 1030. The molecular formula is C23H21NO5. The van der Waals surface area contributed by atoms with Gasteiger partial charge in [-0.2, -0.15) is 0 Å². The van der Waals surface area contributed by atoms with E-state index in [0.717, 1.165) is 10.8 Å². The summed E-state index contributed by atoms with van der Waals surface area (Å²) >= 11 is 0. The molecule has 0 spiro atoms. The Morgan fingerprint density at radius 3 is 2.31 bits per heavy atom. The number of rotatable bonds is 8. The Morgan fingerprint density at radius 1 is 0.862 bits per heavy atom. The van der Waals surface area contributed by atoms with Gasteiger partial charge in [-0.1, -0.05) is 36.4 Å². The SMILES string of the molecule is COc1ccc(NC(=O)CCC(=O)OCC(=O)c2ccc3ccccc3c2)cc1. The van der Waals surface area contributed by atoms with E-state index < -0.39 is 5.97 Å². The number of Topliss-reactive ketones (excluding diaryl/α,β-unsaturated/α-hetero) is 1. The van der Waals surface area contributed by atoms with Crippen molar-refractivity contribution in [2.24, 2.45) is 0 Å². The number of amides is 1. The van der Waals surface area contributed by atoms with Crippen molar-refractivity contribution in [3.05, 3.63) is 72.3 Å². The van der Waals surface area contributed by atoms with Gasteiger partial charge in [0.2, 0.25) is 5.91 Å². The van der Waals surface area contributed by atoms with Crippen molar-refractivity contribution in [3.8, 4) is 5.75 Å². The van der Waals surface area contributed by atoms with Gasteiger partial charge in [-0.25, -0.2) is 0 Å². The molecule has 6 heteroatoms. The molecule has 0 saturated carbocycles. The van der Waals surface area contributed by atoms with Crippen LogP contribution < -0.4 is 10.1 Å².